The van der Waals surface area contributed by atoms with Gasteiger partial charge in [-0.05, 0) is 81.8 Å². The van der Waals surface area contributed by atoms with Crippen molar-refractivity contribution in [2.24, 2.45) is 5.92 Å². The normalized spacial score (nSPS) is 15.2. The lowest BCUT2D eigenvalue weighted by molar-refractivity contribution is 0.0407. The Labute approximate surface area is 202 Å². The van der Waals surface area contributed by atoms with Crippen LogP contribution in [-0.4, -0.2) is 46.7 Å². The molecule has 184 valence electrons. The minimum Gasteiger partial charge on any atom is -0.491 e. The molecule has 1 N–H and O–H groups in total. The summed E-state index contributed by atoms with van der Waals surface area (Å²) < 4.78 is 11.7. The van der Waals surface area contributed by atoms with Gasteiger partial charge in [0, 0.05) is 13.2 Å². The second kappa shape index (κ2) is 9.65. The molecule has 0 radical (unpaired) electrons. The van der Waals surface area contributed by atoms with E-state index in [1.807, 2.05) is 58.9 Å². The maximum atomic E-state index is 12.6. The number of carbonyl (C=O) groups is 2. The highest BCUT2D eigenvalue weighted by Gasteiger charge is 2.32. The van der Waals surface area contributed by atoms with Gasteiger partial charge < -0.3 is 19.7 Å². The summed E-state index contributed by atoms with van der Waals surface area (Å²) in [6, 6.07) is 7.79. The molecule has 3 rings (SSSR count). The molecule has 1 aromatic heterocycles. The second-order valence-electron chi connectivity index (χ2n) is 10.9. The van der Waals surface area contributed by atoms with Crippen LogP contribution in [-0.2, 0) is 11.3 Å². The molecule has 1 aliphatic rings. The number of ether oxygens (including phenoxy) is 2. The fraction of sp³-hybridized carbons (Fsp3) is 0.519. The molecule has 2 amide bonds. The Morgan fingerprint density at radius 3 is 2.53 bits per heavy atom. The number of fused-ring (bicyclic) bond motifs is 1. The fourth-order valence-electron chi connectivity index (χ4n) is 4.40. The zero-order valence-corrected chi connectivity index (χ0v) is 21.6. The van der Waals surface area contributed by atoms with E-state index in [-0.39, 0.29) is 5.91 Å². The number of carbonyl (C=O) groups excluding carboxylic acids is 2. The van der Waals surface area contributed by atoms with Crippen molar-refractivity contribution in [3.8, 4) is 16.9 Å². The van der Waals surface area contributed by atoms with Crippen LogP contribution in [0.4, 0.5) is 4.79 Å². The molecule has 1 aliphatic heterocycles. The molecule has 0 spiro atoms. The van der Waals surface area contributed by atoms with Crippen molar-refractivity contribution in [1.82, 2.24) is 15.2 Å². The van der Waals surface area contributed by atoms with E-state index in [1.54, 1.807) is 18.1 Å². The number of hydrogen-bond donors (Lipinski definition) is 1. The van der Waals surface area contributed by atoms with Crippen molar-refractivity contribution < 1.29 is 19.1 Å². The number of pyridine rings is 1. The first-order chi connectivity index (χ1) is 15.8. The maximum absolute atomic E-state index is 12.6. The number of amides is 2. The smallest absolute Gasteiger partial charge is 0.408 e. The van der Waals surface area contributed by atoms with Crippen molar-refractivity contribution in [1.29, 1.82) is 0 Å². The van der Waals surface area contributed by atoms with Crippen LogP contribution in [0.25, 0.3) is 11.1 Å². The highest BCUT2D eigenvalue weighted by molar-refractivity contribution is 6.03. The van der Waals surface area contributed by atoms with Gasteiger partial charge in [-0.15, -0.1) is 0 Å². The van der Waals surface area contributed by atoms with Gasteiger partial charge in [0.2, 0.25) is 0 Å². The third kappa shape index (κ3) is 6.07. The summed E-state index contributed by atoms with van der Waals surface area (Å²) in [5.41, 5.74) is 3.09. The lowest BCUT2D eigenvalue weighted by atomic mass is 9.91. The molecule has 0 fully saturated rings. The quantitative estimate of drug-likeness (QED) is 0.594. The van der Waals surface area contributed by atoms with Gasteiger partial charge in [0.25, 0.3) is 5.91 Å². The van der Waals surface area contributed by atoms with E-state index in [1.165, 1.54) is 0 Å². The van der Waals surface area contributed by atoms with Gasteiger partial charge in [-0.25, -0.2) is 4.79 Å². The Morgan fingerprint density at radius 2 is 1.91 bits per heavy atom. The van der Waals surface area contributed by atoms with Gasteiger partial charge >= 0.3 is 6.09 Å². The molecule has 34 heavy (non-hydrogen) atoms. The van der Waals surface area contributed by atoms with Crippen molar-refractivity contribution in [3.63, 3.8) is 0 Å². The molecule has 0 unspecified atom stereocenters. The molecule has 0 aliphatic carbocycles. The molecule has 1 atom stereocenters. The molecule has 7 nitrogen and oxygen atoms in total. The van der Waals surface area contributed by atoms with E-state index in [0.717, 1.165) is 34.6 Å². The first kappa shape index (κ1) is 25.5. The van der Waals surface area contributed by atoms with Crippen LogP contribution in [0.5, 0.6) is 5.75 Å². The second-order valence-corrected chi connectivity index (χ2v) is 10.9. The molecule has 0 saturated carbocycles. The molecule has 7 heteroatoms. The van der Waals surface area contributed by atoms with E-state index in [9.17, 15) is 9.59 Å². The van der Waals surface area contributed by atoms with Crippen molar-refractivity contribution in [2.45, 2.75) is 72.6 Å². The average molecular weight is 468 g/mol. The maximum Gasteiger partial charge on any atom is 0.408 e. The number of alkyl carbamates (subject to hydrolysis) is 1. The Hall–Kier alpha value is -3.09. The van der Waals surface area contributed by atoms with E-state index >= 15 is 0 Å². The third-order valence-electron chi connectivity index (χ3n) is 5.67. The number of nitrogens with one attached hydrogen (secondary N) is 1. The SMILES string of the molecule is Cc1cc(-c2ccnc3c2C(=O)N(C)C3)ccc1OC[C@](C)(CC(C)C)NC(=O)OC(C)(C)C. The van der Waals surface area contributed by atoms with Crippen molar-refractivity contribution in [3.05, 3.63) is 47.3 Å². The summed E-state index contributed by atoms with van der Waals surface area (Å²) in [6.07, 6.45) is 2.04. The van der Waals surface area contributed by atoms with Crippen LogP contribution >= 0.6 is 0 Å². The number of rotatable bonds is 7. The molecule has 0 bridgehead atoms. The number of aryl methyl sites for hydroxylation is 1. The van der Waals surface area contributed by atoms with Crippen LogP contribution in [0.2, 0.25) is 0 Å². The van der Waals surface area contributed by atoms with E-state index in [2.05, 4.69) is 24.1 Å². The summed E-state index contributed by atoms with van der Waals surface area (Å²) in [4.78, 5) is 31.1. The lowest BCUT2D eigenvalue weighted by Gasteiger charge is -2.33. The Bertz CT molecular complexity index is 1070. The summed E-state index contributed by atoms with van der Waals surface area (Å²) in [5.74, 6) is 1.09. The topological polar surface area (TPSA) is 80.8 Å². The first-order valence-corrected chi connectivity index (χ1v) is 11.8. The van der Waals surface area contributed by atoms with Crippen LogP contribution in [0, 0.1) is 12.8 Å². The predicted octanol–water partition coefficient (Wildman–Crippen LogP) is 5.35. The zero-order chi connectivity index (χ0) is 25.3. The summed E-state index contributed by atoms with van der Waals surface area (Å²) in [6.45, 7) is 14.5. The third-order valence-corrected chi connectivity index (χ3v) is 5.67. The van der Waals surface area contributed by atoms with Crippen molar-refractivity contribution in [2.75, 3.05) is 13.7 Å². The highest BCUT2D eigenvalue weighted by atomic mass is 16.6. The monoisotopic (exact) mass is 467 g/mol. The molecular weight excluding hydrogens is 430 g/mol. The largest absolute Gasteiger partial charge is 0.491 e. The predicted molar refractivity (Wildman–Crippen MR) is 133 cm³/mol. The van der Waals surface area contributed by atoms with Gasteiger partial charge in [-0.3, -0.25) is 9.78 Å². The summed E-state index contributed by atoms with van der Waals surface area (Å²) in [5, 5.41) is 3.01. The number of benzene rings is 1. The van der Waals surface area contributed by atoms with E-state index in [4.69, 9.17) is 9.47 Å². The molecular formula is C27H37N3O4. The Balaban J connectivity index is 1.78. The average Bonchev–Trinajstić information content (AvgIpc) is 2.98. The van der Waals surface area contributed by atoms with Crippen molar-refractivity contribution >= 4 is 12.0 Å². The van der Waals surface area contributed by atoms with Gasteiger partial charge in [0.1, 0.15) is 18.0 Å². The minimum atomic E-state index is -0.593. The van der Waals surface area contributed by atoms with Crippen LogP contribution < -0.4 is 10.1 Å². The van der Waals surface area contributed by atoms with Crippen LogP contribution in [0.3, 0.4) is 0 Å². The van der Waals surface area contributed by atoms with Gasteiger partial charge in [-0.1, -0.05) is 19.9 Å². The first-order valence-electron chi connectivity index (χ1n) is 11.8. The zero-order valence-electron chi connectivity index (χ0n) is 21.6. The van der Waals surface area contributed by atoms with Gasteiger partial charge in [0.15, 0.2) is 0 Å². The molecule has 2 aromatic rings. The number of nitrogens with zero attached hydrogens (tertiary/aromatic N) is 2. The fourth-order valence-corrected chi connectivity index (χ4v) is 4.40. The highest BCUT2D eigenvalue weighted by Crippen LogP contribution is 2.33. The van der Waals surface area contributed by atoms with Gasteiger partial charge in [-0.2, -0.15) is 0 Å². The van der Waals surface area contributed by atoms with Crippen LogP contribution in [0.15, 0.2) is 30.5 Å². The molecule has 0 saturated heterocycles. The van der Waals surface area contributed by atoms with E-state index in [0.29, 0.717) is 24.6 Å². The standard InChI is InChI=1S/C27H37N3O4/c1-17(2)14-27(7,29-25(32)34-26(4,5)6)16-33-22-10-9-19(13-18(22)3)20-11-12-28-21-15-30(8)24(31)23(20)21/h9-13,17H,14-16H2,1-8H3,(H,29,32)/t27-/m0/s1. The van der Waals surface area contributed by atoms with E-state index < -0.39 is 17.2 Å². The Kier molecular flexibility index (Phi) is 7.24. The Morgan fingerprint density at radius 1 is 1.21 bits per heavy atom. The van der Waals surface area contributed by atoms with Gasteiger partial charge in [0.05, 0.1) is 23.3 Å². The number of aromatic nitrogens is 1. The molecule has 1 aromatic carbocycles. The van der Waals surface area contributed by atoms with Crippen LogP contribution in [0.1, 0.15) is 69.6 Å². The lowest BCUT2D eigenvalue weighted by Crippen LogP contribution is -2.52. The summed E-state index contributed by atoms with van der Waals surface area (Å²) >= 11 is 0. The summed E-state index contributed by atoms with van der Waals surface area (Å²) in [7, 11) is 1.79. The minimum absolute atomic E-state index is 0.00579. The molecule has 2 heterocycles. The number of hydrogen-bond acceptors (Lipinski definition) is 5.